The fraction of sp³-hybridized carbons (Fsp3) is 0.0476. The van der Waals surface area contributed by atoms with E-state index >= 15 is 0 Å². The molecule has 0 fully saturated rings. The summed E-state index contributed by atoms with van der Waals surface area (Å²) in [4.78, 5) is 24.5. The van der Waals surface area contributed by atoms with Crippen molar-refractivity contribution in [1.29, 1.82) is 0 Å². The normalized spacial score (nSPS) is 14.0. The summed E-state index contributed by atoms with van der Waals surface area (Å²) in [7, 11) is 1.59. The Morgan fingerprint density at radius 3 is 2.52 bits per heavy atom. The monoisotopic (exact) mass is 362 g/mol. The van der Waals surface area contributed by atoms with Gasteiger partial charge in [0.25, 0.3) is 0 Å². The lowest BCUT2D eigenvalue weighted by Gasteiger charge is -2.04. The van der Waals surface area contributed by atoms with Crippen LogP contribution in [0.25, 0.3) is 6.08 Å². The van der Waals surface area contributed by atoms with E-state index in [-0.39, 0.29) is 23.1 Å². The SMILES string of the molecule is COc1ccc(/C=C2/Oc3cc(OC(=O)c4ccco4)ccc3C2=O)cc1. The van der Waals surface area contributed by atoms with E-state index in [1.165, 1.54) is 24.5 Å². The Hall–Kier alpha value is -3.80. The average Bonchev–Trinajstić information content (AvgIpc) is 3.32. The van der Waals surface area contributed by atoms with E-state index in [1.807, 2.05) is 12.1 Å². The predicted octanol–water partition coefficient (Wildman–Crippen LogP) is 4.12. The van der Waals surface area contributed by atoms with Crippen molar-refractivity contribution < 1.29 is 28.2 Å². The number of fused-ring (bicyclic) bond motifs is 1. The molecule has 1 aliphatic heterocycles. The van der Waals surface area contributed by atoms with Crippen LogP contribution < -0.4 is 14.2 Å². The van der Waals surface area contributed by atoms with Crippen molar-refractivity contribution in [3.63, 3.8) is 0 Å². The van der Waals surface area contributed by atoms with Gasteiger partial charge in [-0.05, 0) is 48.0 Å². The molecule has 134 valence electrons. The molecule has 0 bridgehead atoms. The zero-order valence-electron chi connectivity index (χ0n) is 14.3. The topological polar surface area (TPSA) is 75.0 Å². The van der Waals surface area contributed by atoms with Gasteiger partial charge in [0.05, 0.1) is 18.9 Å². The van der Waals surface area contributed by atoms with E-state index in [9.17, 15) is 9.59 Å². The Labute approximate surface area is 154 Å². The zero-order chi connectivity index (χ0) is 18.8. The largest absolute Gasteiger partial charge is 0.497 e. The summed E-state index contributed by atoms with van der Waals surface area (Å²) in [5.74, 6) is 0.750. The van der Waals surface area contributed by atoms with Crippen LogP contribution in [0.1, 0.15) is 26.5 Å². The molecule has 6 nitrogen and oxygen atoms in total. The van der Waals surface area contributed by atoms with Gasteiger partial charge in [0.2, 0.25) is 11.5 Å². The predicted molar refractivity (Wildman–Crippen MR) is 96.0 cm³/mol. The number of rotatable bonds is 4. The molecule has 1 aliphatic rings. The number of hydrogen-bond donors (Lipinski definition) is 0. The quantitative estimate of drug-likeness (QED) is 0.395. The van der Waals surface area contributed by atoms with Gasteiger partial charge in [-0.25, -0.2) is 4.79 Å². The number of Topliss-reactive ketones (excluding diaryl/α,β-unsaturated/α-hetero) is 1. The van der Waals surface area contributed by atoms with E-state index in [0.717, 1.165) is 11.3 Å². The highest BCUT2D eigenvalue weighted by atomic mass is 16.5. The number of ketones is 1. The van der Waals surface area contributed by atoms with Gasteiger partial charge in [-0.1, -0.05) is 12.1 Å². The van der Waals surface area contributed by atoms with Gasteiger partial charge < -0.3 is 18.6 Å². The molecule has 0 unspecified atom stereocenters. The first-order chi connectivity index (χ1) is 13.1. The first kappa shape index (κ1) is 16.7. The first-order valence-electron chi connectivity index (χ1n) is 8.12. The standard InChI is InChI=1S/C21H14O6/c1-24-14-6-4-13(5-7-14)11-19-20(22)16-9-8-15(12-18(16)27-19)26-21(23)17-3-2-10-25-17/h2-12H,1H3/b19-11+. The molecule has 0 spiro atoms. The Morgan fingerprint density at radius 1 is 1.04 bits per heavy atom. The summed E-state index contributed by atoms with van der Waals surface area (Å²) in [6, 6.07) is 14.9. The number of carbonyl (C=O) groups is 2. The molecule has 2 aromatic carbocycles. The molecule has 0 saturated carbocycles. The van der Waals surface area contributed by atoms with Crippen molar-refractivity contribution in [1.82, 2.24) is 0 Å². The second-order valence-corrected chi connectivity index (χ2v) is 5.74. The minimum atomic E-state index is -0.627. The molecule has 0 N–H and O–H groups in total. The third-order valence-corrected chi connectivity index (χ3v) is 3.99. The molecule has 4 rings (SSSR count). The van der Waals surface area contributed by atoms with Crippen LogP contribution in [0, 0.1) is 0 Å². The van der Waals surface area contributed by atoms with E-state index < -0.39 is 5.97 Å². The van der Waals surface area contributed by atoms with Crippen LogP contribution in [0.15, 0.2) is 71.0 Å². The van der Waals surface area contributed by atoms with Crippen molar-refractivity contribution >= 4 is 17.8 Å². The van der Waals surface area contributed by atoms with Crippen LogP contribution in [0.4, 0.5) is 0 Å². The Morgan fingerprint density at radius 2 is 1.81 bits per heavy atom. The van der Waals surface area contributed by atoms with Gasteiger partial charge >= 0.3 is 5.97 Å². The molecule has 0 aliphatic carbocycles. The minimum Gasteiger partial charge on any atom is -0.497 e. The Kier molecular flexibility index (Phi) is 4.22. The maximum atomic E-state index is 12.5. The molecule has 6 heteroatoms. The van der Waals surface area contributed by atoms with Crippen LogP contribution in [0.5, 0.6) is 17.2 Å². The van der Waals surface area contributed by atoms with Crippen LogP contribution >= 0.6 is 0 Å². The summed E-state index contributed by atoms with van der Waals surface area (Å²) < 4.78 is 21.0. The molecule has 0 radical (unpaired) electrons. The van der Waals surface area contributed by atoms with Gasteiger partial charge in [0.1, 0.15) is 17.2 Å². The Bertz CT molecular complexity index is 1030. The lowest BCUT2D eigenvalue weighted by Crippen LogP contribution is -2.07. The number of benzene rings is 2. The Balaban J connectivity index is 1.54. The minimum absolute atomic E-state index is 0.0904. The summed E-state index contributed by atoms with van der Waals surface area (Å²) in [6.45, 7) is 0. The highest BCUT2D eigenvalue weighted by Crippen LogP contribution is 2.35. The van der Waals surface area contributed by atoms with Gasteiger partial charge in [0.15, 0.2) is 5.76 Å². The summed E-state index contributed by atoms with van der Waals surface area (Å²) in [5, 5.41) is 0. The molecule has 3 aromatic rings. The van der Waals surface area contributed by atoms with Crippen molar-refractivity contribution in [3.8, 4) is 17.2 Å². The van der Waals surface area contributed by atoms with Crippen molar-refractivity contribution in [2.75, 3.05) is 7.11 Å². The molecule has 2 heterocycles. The molecule has 0 atom stereocenters. The molecule has 0 amide bonds. The summed E-state index contributed by atoms with van der Waals surface area (Å²) >= 11 is 0. The van der Waals surface area contributed by atoms with Crippen LogP contribution in [0.2, 0.25) is 0 Å². The number of ether oxygens (including phenoxy) is 3. The maximum Gasteiger partial charge on any atom is 0.379 e. The molecule has 27 heavy (non-hydrogen) atoms. The number of allylic oxidation sites excluding steroid dienone is 1. The molecular weight excluding hydrogens is 348 g/mol. The van der Waals surface area contributed by atoms with E-state index in [2.05, 4.69) is 0 Å². The molecule has 1 aromatic heterocycles. The smallest absolute Gasteiger partial charge is 0.379 e. The second kappa shape index (κ2) is 6.84. The molecule has 0 saturated heterocycles. The van der Waals surface area contributed by atoms with Crippen LogP contribution in [-0.2, 0) is 0 Å². The number of furan rings is 1. The highest BCUT2D eigenvalue weighted by molar-refractivity contribution is 6.14. The lowest BCUT2D eigenvalue weighted by molar-refractivity contribution is 0.0701. The number of carbonyl (C=O) groups excluding carboxylic acids is 2. The van der Waals surface area contributed by atoms with Crippen LogP contribution in [0.3, 0.4) is 0 Å². The van der Waals surface area contributed by atoms with E-state index in [4.69, 9.17) is 18.6 Å². The van der Waals surface area contributed by atoms with E-state index in [0.29, 0.717) is 11.3 Å². The van der Waals surface area contributed by atoms with Crippen molar-refractivity contribution in [2.45, 2.75) is 0 Å². The maximum absolute atomic E-state index is 12.5. The van der Waals surface area contributed by atoms with Gasteiger partial charge in [-0.3, -0.25) is 4.79 Å². The fourth-order valence-corrected chi connectivity index (χ4v) is 2.63. The summed E-state index contributed by atoms with van der Waals surface area (Å²) in [6.07, 6.45) is 3.04. The number of esters is 1. The average molecular weight is 362 g/mol. The van der Waals surface area contributed by atoms with Crippen LogP contribution in [-0.4, -0.2) is 18.9 Å². The third kappa shape index (κ3) is 3.32. The van der Waals surface area contributed by atoms with Gasteiger partial charge in [0, 0.05) is 6.07 Å². The van der Waals surface area contributed by atoms with Gasteiger partial charge in [-0.2, -0.15) is 0 Å². The zero-order valence-corrected chi connectivity index (χ0v) is 14.3. The first-order valence-corrected chi connectivity index (χ1v) is 8.12. The van der Waals surface area contributed by atoms with E-state index in [1.54, 1.807) is 37.5 Å². The lowest BCUT2D eigenvalue weighted by atomic mass is 10.1. The van der Waals surface area contributed by atoms with Crippen molar-refractivity contribution in [3.05, 3.63) is 83.5 Å². The third-order valence-electron chi connectivity index (χ3n) is 3.99. The number of hydrogen-bond acceptors (Lipinski definition) is 6. The highest BCUT2D eigenvalue weighted by Gasteiger charge is 2.28. The number of methoxy groups -OCH3 is 1. The van der Waals surface area contributed by atoms with Gasteiger partial charge in [-0.15, -0.1) is 0 Å². The fourth-order valence-electron chi connectivity index (χ4n) is 2.63. The molecular formula is C21H14O6. The second-order valence-electron chi connectivity index (χ2n) is 5.74. The van der Waals surface area contributed by atoms with Crippen molar-refractivity contribution in [2.24, 2.45) is 0 Å². The summed E-state index contributed by atoms with van der Waals surface area (Å²) in [5.41, 5.74) is 1.21.